The first-order valence-electron chi connectivity index (χ1n) is 5.18. The largest absolute Gasteiger partial charge is 0.492 e. The van der Waals surface area contributed by atoms with Crippen molar-refractivity contribution < 1.29 is 9.84 Å². The maximum atomic E-state index is 8.57. The van der Waals surface area contributed by atoms with Crippen molar-refractivity contribution in [3.05, 3.63) is 23.5 Å². The summed E-state index contributed by atoms with van der Waals surface area (Å²) in [6.07, 6.45) is 5.64. The third kappa shape index (κ3) is 5.60. The molecule has 0 spiro atoms. The summed E-state index contributed by atoms with van der Waals surface area (Å²) in [5.74, 6) is 0.751. The monoisotopic (exact) mass is 229 g/mol. The number of aliphatic hydroxyl groups excluding tert-OH is 1. The highest BCUT2D eigenvalue weighted by atomic mass is 35.5. The van der Waals surface area contributed by atoms with Gasteiger partial charge in [-0.1, -0.05) is 18.0 Å². The van der Waals surface area contributed by atoms with E-state index in [4.69, 9.17) is 21.4 Å². The second-order valence-corrected chi connectivity index (χ2v) is 3.69. The van der Waals surface area contributed by atoms with Gasteiger partial charge in [0.05, 0.1) is 12.8 Å². The van der Waals surface area contributed by atoms with Crippen LogP contribution in [0.1, 0.15) is 25.7 Å². The van der Waals surface area contributed by atoms with E-state index in [0.29, 0.717) is 11.8 Å². The Labute approximate surface area is 95.1 Å². The number of hydrogen-bond donors (Lipinski definition) is 1. The molecule has 1 heterocycles. The quantitative estimate of drug-likeness (QED) is 0.578. The minimum absolute atomic E-state index is 0.280. The van der Waals surface area contributed by atoms with E-state index in [1.165, 1.54) is 0 Å². The maximum Gasteiger partial charge on any atom is 0.137 e. The van der Waals surface area contributed by atoms with E-state index in [0.717, 1.165) is 31.4 Å². The summed E-state index contributed by atoms with van der Waals surface area (Å²) >= 11 is 5.64. The Morgan fingerprint density at radius 1 is 1.20 bits per heavy atom. The zero-order valence-corrected chi connectivity index (χ0v) is 9.41. The number of nitrogens with zero attached hydrogens (tertiary/aromatic N) is 1. The lowest BCUT2D eigenvalue weighted by molar-refractivity contribution is 0.273. The molecule has 0 atom stereocenters. The van der Waals surface area contributed by atoms with Crippen LogP contribution >= 0.6 is 11.6 Å². The molecule has 0 radical (unpaired) electrons. The lowest BCUT2D eigenvalue weighted by Gasteiger charge is -2.05. The molecule has 0 saturated carbocycles. The summed E-state index contributed by atoms with van der Waals surface area (Å²) in [4.78, 5) is 3.91. The summed E-state index contributed by atoms with van der Waals surface area (Å²) in [5, 5.41) is 9.05. The predicted octanol–water partition coefficient (Wildman–Crippen LogP) is 2.67. The van der Waals surface area contributed by atoms with Crippen molar-refractivity contribution in [2.45, 2.75) is 25.7 Å². The third-order valence-corrected chi connectivity index (χ3v) is 2.25. The minimum Gasteiger partial charge on any atom is -0.492 e. The van der Waals surface area contributed by atoms with Crippen molar-refractivity contribution in [1.29, 1.82) is 0 Å². The number of rotatable bonds is 7. The first-order chi connectivity index (χ1) is 7.33. The fraction of sp³-hybridized carbons (Fsp3) is 0.545. The molecule has 0 saturated heterocycles. The number of unbranched alkanes of at least 4 members (excludes halogenated alkanes) is 3. The molecule has 1 aromatic rings. The van der Waals surface area contributed by atoms with Gasteiger partial charge in [-0.05, 0) is 31.4 Å². The molecule has 1 aromatic heterocycles. The van der Waals surface area contributed by atoms with Gasteiger partial charge in [0.1, 0.15) is 10.9 Å². The molecule has 84 valence electrons. The number of halogens is 1. The first kappa shape index (κ1) is 12.3. The average Bonchev–Trinajstić information content (AvgIpc) is 2.26. The summed E-state index contributed by atoms with van der Waals surface area (Å²) in [6.45, 7) is 0.969. The summed E-state index contributed by atoms with van der Waals surface area (Å²) in [7, 11) is 0. The summed E-state index contributed by atoms with van der Waals surface area (Å²) in [5.41, 5.74) is 0. The maximum absolute atomic E-state index is 8.57. The van der Waals surface area contributed by atoms with Gasteiger partial charge in [0, 0.05) is 6.61 Å². The molecule has 1 N–H and O–H groups in total. The number of hydrogen-bond acceptors (Lipinski definition) is 3. The highest BCUT2D eigenvalue weighted by molar-refractivity contribution is 6.29. The van der Waals surface area contributed by atoms with Crippen LogP contribution in [0.4, 0.5) is 0 Å². The van der Waals surface area contributed by atoms with Crippen molar-refractivity contribution in [2.75, 3.05) is 13.2 Å². The minimum atomic E-state index is 0.280. The van der Waals surface area contributed by atoms with Crippen LogP contribution in [0.25, 0.3) is 0 Å². The van der Waals surface area contributed by atoms with E-state index in [9.17, 15) is 0 Å². The first-order valence-corrected chi connectivity index (χ1v) is 5.56. The molecule has 15 heavy (non-hydrogen) atoms. The van der Waals surface area contributed by atoms with Gasteiger partial charge >= 0.3 is 0 Å². The molecule has 0 bridgehead atoms. The van der Waals surface area contributed by atoms with Gasteiger partial charge in [-0.25, -0.2) is 4.98 Å². The van der Waals surface area contributed by atoms with Gasteiger partial charge in [0.25, 0.3) is 0 Å². The second kappa shape index (κ2) is 7.49. The predicted molar refractivity (Wildman–Crippen MR) is 60.3 cm³/mol. The number of pyridine rings is 1. The van der Waals surface area contributed by atoms with Crippen molar-refractivity contribution in [3.63, 3.8) is 0 Å². The van der Waals surface area contributed by atoms with Crippen LogP contribution in [0, 0.1) is 0 Å². The van der Waals surface area contributed by atoms with Crippen molar-refractivity contribution in [3.8, 4) is 5.75 Å². The van der Waals surface area contributed by atoms with E-state index in [-0.39, 0.29) is 6.61 Å². The highest BCUT2D eigenvalue weighted by Crippen LogP contribution is 2.12. The molecule has 0 aliphatic rings. The smallest absolute Gasteiger partial charge is 0.137 e. The molecule has 4 heteroatoms. The third-order valence-electron chi connectivity index (χ3n) is 2.02. The molecule has 0 aliphatic heterocycles. The van der Waals surface area contributed by atoms with Crippen molar-refractivity contribution in [1.82, 2.24) is 4.98 Å². The van der Waals surface area contributed by atoms with E-state index in [1.807, 2.05) is 6.07 Å². The molecular weight excluding hydrogens is 214 g/mol. The molecule has 0 amide bonds. The standard InChI is InChI=1S/C11H16ClNO2/c12-11-6-5-10(9-13-11)15-8-4-2-1-3-7-14/h5-6,9,14H,1-4,7-8H2. The second-order valence-electron chi connectivity index (χ2n) is 3.30. The summed E-state index contributed by atoms with van der Waals surface area (Å²) in [6, 6.07) is 3.52. The fourth-order valence-electron chi connectivity index (χ4n) is 1.21. The van der Waals surface area contributed by atoms with E-state index in [1.54, 1.807) is 12.3 Å². The van der Waals surface area contributed by atoms with Crippen LogP contribution in [0.15, 0.2) is 18.3 Å². The molecule has 0 aliphatic carbocycles. The zero-order valence-electron chi connectivity index (χ0n) is 8.66. The number of aromatic nitrogens is 1. The van der Waals surface area contributed by atoms with Gasteiger partial charge in [-0.15, -0.1) is 0 Å². The SMILES string of the molecule is OCCCCCCOc1ccc(Cl)nc1. The van der Waals surface area contributed by atoms with E-state index in [2.05, 4.69) is 4.98 Å². The van der Waals surface area contributed by atoms with E-state index >= 15 is 0 Å². The molecule has 0 fully saturated rings. The van der Waals surface area contributed by atoms with Crippen LogP contribution in [-0.4, -0.2) is 23.3 Å². The fourth-order valence-corrected chi connectivity index (χ4v) is 1.32. The Hall–Kier alpha value is -0.800. The molecule has 1 rings (SSSR count). The van der Waals surface area contributed by atoms with E-state index < -0.39 is 0 Å². The Morgan fingerprint density at radius 3 is 2.67 bits per heavy atom. The van der Waals surface area contributed by atoms with Crippen LogP contribution in [0.3, 0.4) is 0 Å². The van der Waals surface area contributed by atoms with Crippen LogP contribution < -0.4 is 4.74 Å². The molecule has 0 unspecified atom stereocenters. The average molecular weight is 230 g/mol. The zero-order chi connectivity index (χ0) is 10.9. The van der Waals surface area contributed by atoms with Crippen molar-refractivity contribution >= 4 is 11.6 Å². The Bertz CT molecular complexity index is 264. The van der Waals surface area contributed by atoms with Gasteiger partial charge < -0.3 is 9.84 Å². The molecule has 0 aromatic carbocycles. The van der Waals surface area contributed by atoms with Gasteiger partial charge in [-0.2, -0.15) is 0 Å². The van der Waals surface area contributed by atoms with Crippen LogP contribution in [0.2, 0.25) is 5.15 Å². The molecular formula is C11H16ClNO2. The highest BCUT2D eigenvalue weighted by Gasteiger charge is 1.94. The van der Waals surface area contributed by atoms with Gasteiger partial charge in [-0.3, -0.25) is 0 Å². The number of aliphatic hydroxyl groups is 1. The number of ether oxygens (including phenoxy) is 1. The Balaban J connectivity index is 2.07. The topological polar surface area (TPSA) is 42.4 Å². The lowest BCUT2D eigenvalue weighted by Crippen LogP contribution is -1.97. The van der Waals surface area contributed by atoms with Gasteiger partial charge in [0.2, 0.25) is 0 Å². The van der Waals surface area contributed by atoms with Crippen LogP contribution in [0.5, 0.6) is 5.75 Å². The van der Waals surface area contributed by atoms with Crippen molar-refractivity contribution in [2.24, 2.45) is 0 Å². The lowest BCUT2D eigenvalue weighted by atomic mass is 10.2. The summed E-state index contributed by atoms with van der Waals surface area (Å²) < 4.78 is 5.46. The Kier molecular flexibility index (Phi) is 6.12. The normalized spacial score (nSPS) is 10.3. The Morgan fingerprint density at radius 2 is 2.00 bits per heavy atom. The van der Waals surface area contributed by atoms with Crippen LogP contribution in [-0.2, 0) is 0 Å². The van der Waals surface area contributed by atoms with Gasteiger partial charge in [0.15, 0.2) is 0 Å². The molecule has 3 nitrogen and oxygen atoms in total.